The van der Waals surface area contributed by atoms with Crippen LogP contribution >= 0.6 is 22.7 Å². The van der Waals surface area contributed by atoms with Crippen molar-refractivity contribution >= 4 is 63.6 Å². The summed E-state index contributed by atoms with van der Waals surface area (Å²) in [7, 11) is 0. The molecule has 7 heteroatoms. The summed E-state index contributed by atoms with van der Waals surface area (Å²) in [5.74, 6) is 0. The van der Waals surface area contributed by atoms with Crippen LogP contribution in [0.25, 0.3) is 25.7 Å². The fourth-order valence-electron chi connectivity index (χ4n) is 5.33. The summed E-state index contributed by atoms with van der Waals surface area (Å²) in [6, 6.07) is 28.8. The van der Waals surface area contributed by atoms with E-state index in [9.17, 15) is 5.26 Å². The van der Waals surface area contributed by atoms with Gasteiger partial charge >= 0.3 is 6.98 Å². The van der Waals surface area contributed by atoms with Crippen LogP contribution in [0, 0.1) is 17.9 Å². The maximum atomic E-state index is 10.0. The number of nitriles is 1. The van der Waals surface area contributed by atoms with E-state index in [4.69, 9.17) is 6.57 Å². The van der Waals surface area contributed by atoms with Gasteiger partial charge in [0.25, 0.3) is 0 Å². The first-order valence-corrected chi connectivity index (χ1v) is 12.9. The number of hydrogen-bond acceptors (Lipinski definition) is 5. The standard InChI is InChI=1S/C28H15BN4S2/c1-31-21-10-3-5-12-23(21)33-25-14-16-35-28(25)20-9-6-8-19-26(20)29(33)32(24-13-15-34-27(19)24)22-11-4-2-7-18(22)17-30/h2-16H. The predicted molar refractivity (Wildman–Crippen MR) is 147 cm³/mol. The Morgan fingerprint density at radius 1 is 0.714 bits per heavy atom. The molecular formula is C28H15BN4S2. The molecule has 0 spiro atoms. The number of rotatable bonds is 2. The van der Waals surface area contributed by atoms with Crippen LogP contribution in [0.4, 0.5) is 28.4 Å². The van der Waals surface area contributed by atoms with Crippen LogP contribution in [0.5, 0.6) is 0 Å². The Morgan fingerprint density at radius 2 is 1.31 bits per heavy atom. The molecule has 2 aliphatic rings. The Bertz CT molecular complexity index is 1600. The van der Waals surface area contributed by atoms with Gasteiger partial charge in [-0.15, -0.1) is 22.7 Å². The molecule has 162 valence electrons. The molecular weight excluding hydrogens is 467 g/mol. The van der Waals surface area contributed by atoms with E-state index in [0.29, 0.717) is 11.3 Å². The van der Waals surface area contributed by atoms with Crippen molar-refractivity contribution in [1.82, 2.24) is 0 Å². The lowest BCUT2D eigenvalue weighted by molar-refractivity contribution is 1.28. The monoisotopic (exact) mass is 482 g/mol. The molecule has 0 amide bonds. The summed E-state index contributed by atoms with van der Waals surface area (Å²) in [6.07, 6.45) is 0. The van der Waals surface area contributed by atoms with Crippen LogP contribution < -0.4 is 15.1 Å². The van der Waals surface area contributed by atoms with Crippen molar-refractivity contribution in [3.05, 3.63) is 107 Å². The summed E-state index contributed by atoms with van der Waals surface area (Å²) in [5.41, 5.74) is 8.77. The van der Waals surface area contributed by atoms with Gasteiger partial charge in [0.2, 0.25) is 5.69 Å². The van der Waals surface area contributed by atoms with Gasteiger partial charge in [0.1, 0.15) is 6.07 Å². The molecule has 7 rings (SSSR count). The maximum absolute atomic E-state index is 10.0. The highest BCUT2D eigenvalue weighted by molar-refractivity contribution is 7.16. The maximum Gasteiger partial charge on any atom is 0.421 e. The minimum absolute atomic E-state index is 0.247. The lowest BCUT2D eigenvalue weighted by Crippen LogP contribution is -2.61. The SMILES string of the molecule is [C-]#[N+]c1ccccc1N1B2c3c(cccc3-c3sccc31)-c1sccc1N2c1ccccc1C#N. The number of thiophene rings is 2. The Morgan fingerprint density at radius 3 is 1.97 bits per heavy atom. The molecule has 0 bridgehead atoms. The molecule has 0 atom stereocenters. The average Bonchev–Trinajstić information content (AvgIpc) is 3.60. The molecule has 0 N–H and O–H groups in total. The molecule has 4 nitrogen and oxygen atoms in total. The van der Waals surface area contributed by atoms with E-state index in [1.54, 1.807) is 22.7 Å². The van der Waals surface area contributed by atoms with Crippen LogP contribution in [0.1, 0.15) is 5.56 Å². The van der Waals surface area contributed by atoms with E-state index in [1.807, 2.05) is 48.5 Å². The van der Waals surface area contributed by atoms with Crippen LogP contribution in [0.3, 0.4) is 0 Å². The van der Waals surface area contributed by atoms with Crippen molar-refractivity contribution in [3.63, 3.8) is 0 Å². The molecule has 0 saturated carbocycles. The van der Waals surface area contributed by atoms with E-state index in [0.717, 1.165) is 22.7 Å². The van der Waals surface area contributed by atoms with Gasteiger partial charge in [0.05, 0.1) is 21.9 Å². The third kappa shape index (κ3) is 2.71. The summed E-state index contributed by atoms with van der Waals surface area (Å²) in [4.78, 5) is 10.9. The van der Waals surface area contributed by atoms with Crippen molar-refractivity contribution in [2.45, 2.75) is 0 Å². The summed E-state index contributed by atoms with van der Waals surface area (Å²) >= 11 is 3.45. The van der Waals surface area contributed by atoms with Crippen LogP contribution in [0.15, 0.2) is 89.6 Å². The Balaban J connectivity index is 1.62. The molecule has 4 heterocycles. The van der Waals surface area contributed by atoms with E-state index >= 15 is 0 Å². The van der Waals surface area contributed by atoms with Crippen molar-refractivity contribution in [1.29, 1.82) is 5.26 Å². The molecule has 0 saturated heterocycles. The molecule has 2 aliphatic heterocycles. The minimum atomic E-state index is -0.247. The lowest BCUT2D eigenvalue weighted by atomic mass is 9.55. The summed E-state index contributed by atoms with van der Waals surface area (Å²) in [5, 5.41) is 14.3. The average molecular weight is 482 g/mol. The second kappa shape index (κ2) is 7.61. The minimum Gasteiger partial charge on any atom is -0.369 e. The van der Waals surface area contributed by atoms with Crippen molar-refractivity contribution in [2.75, 3.05) is 9.62 Å². The zero-order valence-corrected chi connectivity index (χ0v) is 20.0. The second-order valence-corrected chi connectivity index (χ2v) is 10.2. The summed E-state index contributed by atoms with van der Waals surface area (Å²) in [6.45, 7) is 7.64. The summed E-state index contributed by atoms with van der Waals surface area (Å²) < 4.78 is 0. The lowest BCUT2D eigenvalue weighted by Gasteiger charge is -2.46. The van der Waals surface area contributed by atoms with Gasteiger partial charge in [0, 0.05) is 22.7 Å². The molecule has 0 unspecified atom stereocenters. The Kier molecular flexibility index (Phi) is 4.37. The van der Waals surface area contributed by atoms with E-state index < -0.39 is 0 Å². The van der Waals surface area contributed by atoms with Gasteiger partial charge in [0.15, 0.2) is 0 Å². The topological polar surface area (TPSA) is 34.6 Å². The van der Waals surface area contributed by atoms with E-state index in [-0.39, 0.29) is 6.98 Å². The first kappa shape index (κ1) is 20.1. The first-order chi connectivity index (χ1) is 17.3. The van der Waals surface area contributed by atoms with E-state index in [1.165, 1.54) is 26.3 Å². The number of nitrogens with zero attached hydrogens (tertiary/aromatic N) is 4. The fraction of sp³-hybridized carbons (Fsp3) is 0. The second-order valence-electron chi connectivity index (χ2n) is 8.38. The molecule has 3 aromatic carbocycles. The van der Waals surface area contributed by atoms with Gasteiger partial charge in [-0.1, -0.05) is 54.6 Å². The van der Waals surface area contributed by atoms with Crippen LogP contribution in [-0.2, 0) is 0 Å². The molecule has 2 aromatic heterocycles. The number of benzene rings is 3. The number of fused-ring (bicyclic) bond motifs is 4. The molecule has 0 fully saturated rings. The van der Waals surface area contributed by atoms with Crippen molar-refractivity contribution in [3.8, 4) is 27.0 Å². The highest BCUT2D eigenvalue weighted by Gasteiger charge is 2.48. The Labute approximate surface area is 211 Å². The quantitative estimate of drug-likeness (QED) is 0.192. The largest absolute Gasteiger partial charge is 0.421 e. The first-order valence-electron chi connectivity index (χ1n) is 11.1. The molecule has 0 aliphatic carbocycles. The normalized spacial score (nSPS) is 12.9. The van der Waals surface area contributed by atoms with E-state index in [2.05, 4.69) is 61.6 Å². The van der Waals surface area contributed by atoms with Gasteiger partial charge in [-0.25, -0.2) is 4.85 Å². The van der Waals surface area contributed by atoms with Gasteiger partial charge in [-0.2, -0.15) is 5.26 Å². The fourth-order valence-corrected chi connectivity index (χ4v) is 7.18. The van der Waals surface area contributed by atoms with Crippen molar-refractivity contribution < 1.29 is 0 Å². The number of anilines is 4. The Hall–Kier alpha value is -4.30. The number of hydrogen-bond donors (Lipinski definition) is 0. The zero-order chi connectivity index (χ0) is 23.5. The highest BCUT2D eigenvalue weighted by Crippen LogP contribution is 2.52. The van der Waals surface area contributed by atoms with Crippen LogP contribution in [-0.4, -0.2) is 6.98 Å². The van der Waals surface area contributed by atoms with Gasteiger partial charge in [-0.05, 0) is 51.6 Å². The molecule has 0 radical (unpaired) electrons. The smallest absolute Gasteiger partial charge is 0.369 e. The van der Waals surface area contributed by atoms with Gasteiger partial charge in [-0.3, -0.25) is 0 Å². The number of para-hydroxylation sites is 3. The van der Waals surface area contributed by atoms with Crippen LogP contribution in [0.2, 0.25) is 0 Å². The predicted octanol–water partition coefficient (Wildman–Crippen LogP) is 7.56. The highest BCUT2D eigenvalue weighted by atomic mass is 32.1. The third-order valence-electron chi connectivity index (χ3n) is 6.70. The molecule has 5 aromatic rings. The van der Waals surface area contributed by atoms with Crippen molar-refractivity contribution in [2.24, 2.45) is 0 Å². The zero-order valence-electron chi connectivity index (χ0n) is 18.3. The van der Waals surface area contributed by atoms with Gasteiger partial charge < -0.3 is 9.62 Å². The molecule has 35 heavy (non-hydrogen) atoms. The third-order valence-corrected chi connectivity index (χ3v) is 8.57.